The molecular weight excluding hydrogens is 474 g/mol. The number of phenols is 1. The zero-order valence-corrected chi connectivity index (χ0v) is 20.6. The van der Waals surface area contributed by atoms with Crippen LogP contribution >= 0.6 is 0 Å². The van der Waals surface area contributed by atoms with Crippen molar-refractivity contribution in [1.82, 2.24) is 5.32 Å². The molecular formula is C29H27NO7. The summed E-state index contributed by atoms with van der Waals surface area (Å²) in [5.74, 6) is 3.71. The molecule has 4 aromatic rings. The average Bonchev–Trinajstić information content (AvgIpc) is 3.58. The fourth-order valence-electron chi connectivity index (χ4n) is 4.89. The number of methoxy groups -OCH3 is 2. The fraction of sp³-hybridized carbons (Fsp3) is 0.241. The second-order valence-electron chi connectivity index (χ2n) is 8.84. The predicted octanol–water partition coefficient (Wildman–Crippen LogP) is 5.02. The zero-order valence-electron chi connectivity index (χ0n) is 20.6. The lowest BCUT2D eigenvalue weighted by atomic mass is 9.93. The summed E-state index contributed by atoms with van der Waals surface area (Å²) in [6.45, 7) is 1.87. The fourth-order valence-corrected chi connectivity index (χ4v) is 4.89. The molecule has 37 heavy (non-hydrogen) atoms. The minimum Gasteiger partial charge on any atom is -0.502 e. The summed E-state index contributed by atoms with van der Waals surface area (Å²) < 4.78 is 33.3. The summed E-state index contributed by atoms with van der Waals surface area (Å²) in [4.78, 5) is 0. The van der Waals surface area contributed by atoms with E-state index in [4.69, 9.17) is 28.4 Å². The molecule has 2 heterocycles. The monoisotopic (exact) mass is 501 g/mol. The van der Waals surface area contributed by atoms with E-state index in [1.165, 1.54) is 19.8 Å². The Balaban J connectivity index is 1.32. The Kier molecular flexibility index (Phi) is 6.02. The van der Waals surface area contributed by atoms with E-state index in [1.54, 1.807) is 0 Å². The maximum Gasteiger partial charge on any atom is 0.231 e. The van der Waals surface area contributed by atoms with Crippen molar-refractivity contribution in [3.63, 3.8) is 0 Å². The summed E-state index contributed by atoms with van der Waals surface area (Å²) in [5, 5.41) is 15.9. The third-order valence-corrected chi connectivity index (χ3v) is 6.73. The van der Waals surface area contributed by atoms with E-state index in [-0.39, 0.29) is 19.3 Å². The highest BCUT2D eigenvalue weighted by Gasteiger charge is 2.22. The molecule has 4 aromatic carbocycles. The van der Waals surface area contributed by atoms with Crippen LogP contribution in [-0.4, -0.2) is 39.5 Å². The molecule has 0 amide bonds. The molecule has 0 aliphatic carbocycles. The number of nitrogens with one attached hydrogen (secondary N) is 1. The first-order valence-corrected chi connectivity index (χ1v) is 12.0. The van der Waals surface area contributed by atoms with Gasteiger partial charge in [0.1, 0.15) is 0 Å². The first-order chi connectivity index (χ1) is 18.2. The Labute approximate surface area is 214 Å². The smallest absolute Gasteiger partial charge is 0.231 e. The molecule has 8 heteroatoms. The lowest BCUT2D eigenvalue weighted by Gasteiger charge is -2.17. The van der Waals surface area contributed by atoms with Gasteiger partial charge in [0.2, 0.25) is 19.3 Å². The molecule has 0 spiro atoms. The van der Waals surface area contributed by atoms with Gasteiger partial charge in [-0.2, -0.15) is 0 Å². The summed E-state index contributed by atoms with van der Waals surface area (Å²) in [5.41, 5.74) is 4.21. The average molecular weight is 502 g/mol. The number of rotatable bonds is 8. The van der Waals surface area contributed by atoms with Gasteiger partial charge in [-0.25, -0.2) is 0 Å². The molecule has 190 valence electrons. The number of ether oxygens (including phenoxy) is 6. The van der Waals surface area contributed by atoms with Gasteiger partial charge in [0.05, 0.1) is 14.2 Å². The molecule has 0 unspecified atom stereocenters. The van der Waals surface area contributed by atoms with E-state index in [0.717, 1.165) is 57.7 Å². The van der Waals surface area contributed by atoms with Crippen molar-refractivity contribution < 1.29 is 33.5 Å². The van der Waals surface area contributed by atoms with Gasteiger partial charge in [-0.3, -0.25) is 0 Å². The van der Waals surface area contributed by atoms with Crippen molar-refractivity contribution in [2.45, 2.75) is 13.0 Å². The van der Waals surface area contributed by atoms with Crippen LogP contribution in [-0.2, 0) is 13.0 Å². The molecule has 0 bridgehead atoms. The van der Waals surface area contributed by atoms with E-state index < -0.39 is 0 Å². The molecule has 0 radical (unpaired) electrons. The van der Waals surface area contributed by atoms with Gasteiger partial charge in [0, 0.05) is 11.9 Å². The molecule has 0 saturated heterocycles. The Hall–Kier alpha value is -4.30. The summed E-state index contributed by atoms with van der Waals surface area (Å²) in [7, 11) is 3.07. The van der Waals surface area contributed by atoms with Gasteiger partial charge in [-0.15, -0.1) is 0 Å². The zero-order chi connectivity index (χ0) is 25.4. The van der Waals surface area contributed by atoms with Crippen LogP contribution < -0.4 is 33.7 Å². The first kappa shape index (κ1) is 23.1. The molecule has 2 aliphatic heterocycles. The third-order valence-electron chi connectivity index (χ3n) is 6.73. The molecule has 0 atom stereocenters. The van der Waals surface area contributed by atoms with Crippen molar-refractivity contribution in [3.05, 3.63) is 65.7 Å². The molecule has 6 rings (SSSR count). The summed E-state index contributed by atoms with van der Waals surface area (Å²) in [6, 6.07) is 17.8. The van der Waals surface area contributed by atoms with Crippen molar-refractivity contribution in [1.29, 1.82) is 0 Å². The number of hydrogen-bond acceptors (Lipinski definition) is 8. The largest absolute Gasteiger partial charge is 0.502 e. The molecule has 2 N–H and O–H groups in total. The van der Waals surface area contributed by atoms with Gasteiger partial charge in [-0.05, 0) is 70.9 Å². The van der Waals surface area contributed by atoms with Gasteiger partial charge in [0.15, 0.2) is 34.5 Å². The maximum atomic E-state index is 10.6. The van der Waals surface area contributed by atoms with Crippen LogP contribution in [0.5, 0.6) is 40.2 Å². The quantitative estimate of drug-likeness (QED) is 0.326. The lowest BCUT2D eigenvalue weighted by Crippen LogP contribution is -2.17. The first-order valence-electron chi connectivity index (χ1n) is 12.0. The molecule has 0 fully saturated rings. The number of aromatic hydroxyl groups is 1. The standard InChI is InChI=1S/C29H27NO7/c1-32-27-13-22-19(4-3-5-20(22)29(33-2)28(27)31)21-12-26-25(36-16-37-26)11-18(21)14-30-9-8-17-6-7-23-24(10-17)35-15-34-23/h3-7,10-13,30-31H,8-9,14-16H2,1-2H3. The van der Waals surface area contributed by atoms with Crippen molar-refractivity contribution >= 4 is 10.8 Å². The Morgan fingerprint density at radius 3 is 2.32 bits per heavy atom. The number of hydrogen-bond donors (Lipinski definition) is 2. The van der Waals surface area contributed by atoms with Crippen molar-refractivity contribution in [2.24, 2.45) is 0 Å². The maximum absolute atomic E-state index is 10.6. The number of fused-ring (bicyclic) bond motifs is 3. The highest BCUT2D eigenvalue weighted by Crippen LogP contribution is 2.47. The minimum absolute atomic E-state index is 0.0225. The van der Waals surface area contributed by atoms with Crippen LogP contribution in [0.25, 0.3) is 21.9 Å². The molecule has 0 saturated carbocycles. The van der Waals surface area contributed by atoms with Crippen LogP contribution in [0.2, 0.25) is 0 Å². The van der Waals surface area contributed by atoms with Crippen LogP contribution in [0.1, 0.15) is 11.1 Å². The second kappa shape index (κ2) is 9.63. The van der Waals surface area contributed by atoms with Gasteiger partial charge in [0.25, 0.3) is 0 Å². The summed E-state index contributed by atoms with van der Waals surface area (Å²) in [6.07, 6.45) is 0.846. The second-order valence-corrected chi connectivity index (χ2v) is 8.84. The molecule has 0 aromatic heterocycles. The van der Waals surface area contributed by atoms with Gasteiger partial charge in [-0.1, -0.05) is 24.3 Å². The topological polar surface area (TPSA) is 87.6 Å². The van der Waals surface area contributed by atoms with Crippen molar-refractivity contribution in [2.75, 3.05) is 34.4 Å². The molecule has 2 aliphatic rings. The Bertz CT molecular complexity index is 1480. The lowest BCUT2D eigenvalue weighted by molar-refractivity contribution is 0.173. The highest BCUT2D eigenvalue weighted by atomic mass is 16.7. The summed E-state index contributed by atoms with van der Waals surface area (Å²) >= 11 is 0. The Morgan fingerprint density at radius 1 is 0.784 bits per heavy atom. The molecule has 8 nitrogen and oxygen atoms in total. The van der Waals surface area contributed by atoms with Crippen LogP contribution in [0.3, 0.4) is 0 Å². The van der Waals surface area contributed by atoms with Crippen LogP contribution in [0, 0.1) is 0 Å². The van der Waals surface area contributed by atoms with Crippen LogP contribution in [0.4, 0.5) is 0 Å². The van der Waals surface area contributed by atoms with E-state index in [9.17, 15) is 5.11 Å². The number of phenolic OH excluding ortho intramolecular Hbond substituents is 1. The van der Waals surface area contributed by atoms with Crippen LogP contribution in [0.15, 0.2) is 54.6 Å². The van der Waals surface area contributed by atoms with E-state index in [2.05, 4.69) is 11.4 Å². The van der Waals surface area contributed by atoms with E-state index in [0.29, 0.717) is 23.8 Å². The SMILES string of the molecule is COc1cc2c(-c3cc4c(cc3CNCCc3ccc5c(c3)OCO5)OCO4)cccc2c(OC)c1O. The minimum atomic E-state index is -0.0225. The van der Waals surface area contributed by atoms with Crippen molar-refractivity contribution in [3.8, 4) is 51.4 Å². The Morgan fingerprint density at radius 2 is 1.54 bits per heavy atom. The van der Waals surface area contributed by atoms with E-state index in [1.807, 2.05) is 48.5 Å². The van der Waals surface area contributed by atoms with Gasteiger partial charge >= 0.3 is 0 Å². The normalized spacial score (nSPS) is 13.2. The third kappa shape index (κ3) is 4.19. The predicted molar refractivity (Wildman–Crippen MR) is 138 cm³/mol. The van der Waals surface area contributed by atoms with Gasteiger partial charge < -0.3 is 38.8 Å². The number of benzene rings is 4. The highest BCUT2D eigenvalue weighted by molar-refractivity contribution is 6.03. The van der Waals surface area contributed by atoms with E-state index >= 15 is 0 Å².